The lowest BCUT2D eigenvalue weighted by Gasteiger charge is -2.10. The van der Waals surface area contributed by atoms with E-state index in [2.05, 4.69) is 0 Å². The summed E-state index contributed by atoms with van der Waals surface area (Å²) >= 11 is 0. The van der Waals surface area contributed by atoms with Gasteiger partial charge in [0.1, 0.15) is 5.75 Å². The standard InChI is InChI=1S/C11H13N3O5/c12-3-6-1-8-9(19-5-18-8)2-7(6)17-4-10(15)14-11(13)16/h1-2H,3-5,12H2,(H3,13,14,15,16). The molecule has 3 amide bonds. The van der Waals surface area contributed by atoms with Crippen molar-refractivity contribution in [1.82, 2.24) is 5.32 Å². The lowest BCUT2D eigenvalue weighted by Crippen LogP contribution is -2.38. The Balaban J connectivity index is 2.07. The zero-order valence-electron chi connectivity index (χ0n) is 9.97. The van der Waals surface area contributed by atoms with Gasteiger partial charge in [-0.3, -0.25) is 10.1 Å². The van der Waals surface area contributed by atoms with Crippen LogP contribution >= 0.6 is 0 Å². The Labute approximate surface area is 108 Å². The number of hydrogen-bond acceptors (Lipinski definition) is 6. The molecule has 0 saturated heterocycles. The van der Waals surface area contributed by atoms with Gasteiger partial charge in [-0.15, -0.1) is 0 Å². The summed E-state index contributed by atoms with van der Waals surface area (Å²) in [5, 5.41) is 1.89. The summed E-state index contributed by atoms with van der Waals surface area (Å²) < 4.78 is 15.7. The molecule has 102 valence electrons. The first kappa shape index (κ1) is 13.0. The van der Waals surface area contributed by atoms with Crippen LogP contribution in [0.4, 0.5) is 4.79 Å². The third-order valence-corrected chi connectivity index (χ3v) is 2.40. The van der Waals surface area contributed by atoms with Crippen molar-refractivity contribution in [2.24, 2.45) is 11.5 Å². The van der Waals surface area contributed by atoms with Crippen LogP contribution in [0.1, 0.15) is 5.56 Å². The number of rotatable bonds is 4. The van der Waals surface area contributed by atoms with E-state index in [1.54, 1.807) is 12.1 Å². The average Bonchev–Trinajstić information content (AvgIpc) is 2.81. The van der Waals surface area contributed by atoms with Gasteiger partial charge in [-0.25, -0.2) is 4.79 Å². The highest BCUT2D eigenvalue weighted by molar-refractivity contribution is 5.94. The Morgan fingerprint density at radius 1 is 1.32 bits per heavy atom. The zero-order chi connectivity index (χ0) is 13.8. The summed E-state index contributed by atoms with van der Waals surface area (Å²) in [4.78, 5) is 21.7. The number of urea groups is 1. The van der Waals surface area contributed by atoms with Crippen LogP contribution in [-0.4, -0.2) is 25.3 Å². The molecular weight excluding hydrogens is 254 g/mol. The van der Waals surface area contributed by atoms with Crippen LogP contribution in [0.5, 0.6) is 17.2 Å². The molecule has 1 aliphatic heterocycles. The first-order valence-corrected chi connectivity index (χ1v) is 5.45. The lowest BCUT2D eigenvalue weighted by molar-refractivity contribution is -0.121. The van der Waals surface area contributed by atoms with E-state index in [1.165, 1.54) is 0 Å². The van der Waals surface area contributed by atoms with Crippen LogP contribution in [0.2, 0.25) is 0 Å². The summed E-state index contributed by atoms with van der Waals surface area (Å²) in [6.45, 7) is -0.00997. The second-order valence-electron chi connectivity index (χ2n) is 3.72. The molecule has 0 unspecified atom stereocenters. The predicted octanol–water partition coefficient (Wildman–Crippen LogP) is -0.552. The highest BCUT2D eigenvalue weighted by Crippen LogP contribution is 2.37. The zero-order valence-corrected chi connectivity index (χ0v) is 9.97. The van der Waals surface area contributed by atoms with Crippen LogP contribution < -0.4 is 31.0 Å². The maximum Gasteiger partial charge on any atom is 0.318 e. The van der Waals surface area contributed by atoms with Gasteiger partial charge in [0, 0.05) is 18.2 Å². The third-order valence-electron chi connectivity index (χ3n) is 2.40. The van der Waals surface area contributed by atoms with E-state index in [1.807, 2.05) is 5.32 Å². The second kappa shape index (κ2) is 5.44. The number of imide groups is 1. The number of carbonyl (C=O) groups is 2. The summed E-state index contributed by atoms with van der Waals surface area (Å²) in [5.41, 5.74) is 11.1. The van der Waals surface area contributed by atoms with E-state index in [9.17, 15) is 9.59 Å². The number of amides is 3. The van der Waals surface area contributed by atoms with Crippen LogP contribution in [0.25, 0.3) is 0 Å². The first-order chi connectivity index (χ1) is 9.10. The molecule has 1 heterocycles. The van der Waals surface area contributed by atoms with Crippen molar-refractivity contribution < 1.29 is 23.8 Å². The van der Waals surface area contributed by atoms with Crippen LogP contribution in [-0.2, 0) is 11.3 Å². The van der Waals surface area contributed by atoms with E-state index in [4.69, 9.17) is 25.7 Å². The maximum atomic E-state index is 11.2. The average molecular weight is 267 g/mol. The highest BCUT2D eigenvalue weighted by Gasteiger charge is 2.18. The van der Waals surface area contributed by atoms with Gasteiger partial charge in [-0.05, 0) is 6.07 Å². The smallest absolute Gasteiger partial charge is 0.318 e. The Bertz CT molecular complexity index is 517. The van der Waals surface area contributed by atoms with Gasteiger partial charge in [0.15, 0.2) is 18.1 Å². The SMILES string of the molecule is NCc1cc2c(cc1OCC(=O)NC(N)=O)OCO2. The van der Waals surface area contributed by atoms with Gasteiger partial charge in [-0.1, -0.05) is 0 Å². The molecule has 0 bridgehead atoms. The van der Waals surface area contributed by atoms with E-state index in [0.717, 1.165) is 0 Å². The van der Waals surface area contributed by atoms with Crippen molar-refractivity contribution in [1.29, 1.82) is 0 Å². The molecule has 2 rings (SSSR count). The number of benzene rings is 1. The molecule has 0 aliphatic carbocycles. The van der Waals surface area contributed by atoms with Crippen molar-refractivity contribution in [2.75, 3.05) is 13.4 Å². The summed E-state index contributed by atoms with van der Waals surface area (Å²) in [7, 11) is 0. The Kier molecular flexibility index (Phi) is 3.71. The van der Waals surface area contributed by atoms with Gasteiger partial charge in [0.05, 0.1) is 0 Å². The minimum Gasteiger partial charge on any atom is -0.483 e. The number of hydrogen-bond donors (Lipinski definition) is 3. The van der Waals surface area contributed by atoms with E-state index in [0.29, 0.717) is 22.8 Å². The molecule has 19 heavy (non-hydrogen) atoms. The Hall–Kier alpha value is -2.48. The number of nitrogens with one attached hydrogen (secondary N) is 1. The van der Waals surface area contributed by atoms with Crippen molar-refractivity contribution >= 4 is 11.9 Å². The molecule has 1 aliphatic rings. The summed E-state index contributed by atoms with van der Waals surface area (Å²) in [6.07, 6.45) is 0. The molecule has 0 fully saturated rings. The van der Waals surface area contributed by atoms with Gasteiger partial charge in [0.2, 0.25) is 6.79 Å². The second-order valence-corrected chi connectivity index (χ2v) is 3.72. The van der Waals surface area contributed by atoms with E-state index >= 15 is 0 Å². The van der Waals surface area contributed by atoms with Gasteiger partial charge >= 0.3 is 6.03 Å². The Morgan fingerprint density at radius 3 is 2.63 bits per heavy atom. The van der Waals surface area contributed by atoms with Gasteiger partial charge in [-0.2, -0.15) is 0 Å². The van der Waals surface area contributed by atoms with Crippen LogP contribution in [0, 0.1) is 0 Å². The fraction of sp³-hybridized carbons (Fsp3) is 0.273. The molecular formula is C11H13N3O5. The maximum absolute atomic E-state index is 11.2. The topological polar surface area (TPSA) is 126 Å². The predicted molar refractivity (Wildman–Crippen MR) is 63.7 cm³/mol. The largest absolute Gasteiger partial charge is 0.483 e. The minimum absolute atomic E-state index is 0.130. The quantitative estimate of drug-likeness (QED) is 0.671. The molecule has 1 aromatic carbocycles. The number of primary amides is 1. The summed E-state index contributed by atoms with van der Waals surface area (Å²) in [5.74, 6) is 0.844. The molecule has 5 N–H and O–H groups in total. The molecule has 0 radical (unpaired) electrons. The molecule has 0 aromatic heterocycles. The highest BCUT2D eigenvalue weighted by atomic mass is 16.7. The number of nitrogens with two attached hydrogens (primary N) is 2. The van der Waals surface area contributed by atoms with Crippen molar-refractivity contribution in [3.8, 4) is 17.2 Å². The fourth-order valence-electron chi connectivity index (χ4n) is 1.58. The van der Waals surface area contributed by atoms with Crippen LogP contribution in [0.3, 0.4) is 0 Å². The number of carbonyl (C=O) groups excluding carboxylic acids is 2. The first-order valence-electron chi connectivity index (χ1n) is 5.45. The molecule has 0 saturated carbocycles. The third kappa shape index (κ3) is 3.05. The molecule has 8 heteroatoms. The Morgan fingerprint density at radius 2 is 2.00 bits per heavy atom. The molecule has 0 spiro atoms. The van der Waals surface area contributed by atoms with Crippen molar-refractivity contribution in [3.05, 3.63) is 17.7 Å². The van der Waals surface area contributed by atoms with Gasteiger partial charge < -0.3 is 25.7 Å². The summed E-state index contributed by atoms with van der Waals surface area (Å²) in [6, 6.07) is 2.34. The van der Waals surface area contributed by atoms with Gasteiger partial charge in [0.25, 0.3) is 5.91 Å². The van der Waals surface area contributed by atoms with Crippen LogP contribution in [0.15, 0.2) is 12.1 Å². The molecule has 8 nitrogen and oxygen atoms in total. The van der Waals surface area contributed by atoms with Crippen molar-refractivity contribution in [3.63, 3.8) is 0 Å². The number of ether oxygens (including phenoxy) is 3. The lowest BCUT2D eigenvalue weighted by atomic mass is 10.2. The number of fused-ring (bicyclic) bond motifs is 1. The fourth-order valence-corrected chi connectivity index (χ4v) is 1.58. The molecule has 0 atom stereocenters. The van der Waals surface area contributed by atoms with E-state index in [-0.39, 0.29) is 19.9 Å². The normalized spacial score (nSPS) is 12.1. The molecule has 1 aromatic rings. The van der Waals surface area contributed by atoms with E-state index < -0.39 is 11.9 Å². The van der Waals surface area contributed by atoms with Crippen molar-refractivity contribution in [2.45, 2.75) is 6.54 Å². The monoisotopic (exact) mass is 267 g/mol. The minimum atomic E-state index is -0.932.